The van der Waals surface area contributed by atoms with Crippen molar-refractivity contribution < 1.29 is 8.42 Å². The van der Waals surface area contributed by atoms with E-state index in [2.05, 4.69) is 11.6 Å². The maximum Gasteiger partial charge on any atom is 0.240 e. The van der Waals surface area contributed by atoms with Gasteiger partial charge in [0.05, 0.1) is 4.90 Å². The van der Waals surface area contributed by atoms with Crippen molar-refractivity contribution in [2.45, 2.75) is 109 Å². The molecule has 1 aromatic carbocycles. The summed E-state index contributed by atoms with van der Waals surface area (Å²) in [6.45, 7) is 4.58. The smallest absolute Gasteiger partial charge is 0.211 e. The van der Waals surface area contributed by atoms with E-state index in [4.69, 9.17) is 11.6 Å². The molecule has 0 spiro atoms. The zero-order valence-corrected chi connectivity index (χ0v) is 19.5. The summed E-state index contributed by atoms with van der Waals surface area (Å²) in [6.07, 6.45) is 18.2. The molecule has 162 valence electrons. The molecule has 0 aliphatic carbocycles. The van der Waals surface area contributed by atoms with Crippen LogP contribution in [0.15, 0.2) is 23.1 Å². The molecule has 0 radical (unpaired) electrons. The predicted molar refractivity (Wildman–Crippen MR) is 122 cm³/mol. The third-order valence-corrected chi connectivity index (χ3v) is 7.14. The van der Waals surface area contributed by atoms with E-state index in [-0.39, 0.29) is 0 Å². The maximum atomic E-state index is 12.3. The Bertz CT molecular complexity index is 631. The summed E-state index contributed by atoms with van der Waals surface area (Å²) in [5, 5.41) is 0.589. The third kappa shape index (κ3) is 11.4. The second-order valence-electron chi connectivity index (χ2n) is 7.90. The molecule has 0 saturated heterocycles. The summed E-state index contributed by atoms with van der Waals surface area (Å²) in [4.78, 5) is 0.291. The molecule has 0 aliphatic rings. The van der Waals surface area contributed by atoms with E-state index >= 15 is 0 Å². The average Bonchev–Trinajstić information content (AvgIpc) is 2.67. The highest BCUT2D eigenvalue weighted by Crippen LogP contribution is 2.19. The number of halogens is 1. The van der Waals surface area contributed by atoms with Gasteiger partial charge in [-0.15, -0.1) is 0 Å². The highest BCUT2D eigenvalue weighted by molar-refractivity contribution is 7.89. The number of sulfonamides is 1. The topological polar surface area (TPSA) is 46.2 Å². The number of hydrogen-bond acceptors (Lipinski definition) is 2. The normalized spacial score (nSPS) is 11.8. The molecule has 5 heteroatoms. The standard InChI is InChI=1S/C23H40ClNO2S/c1-3-4-5-6-7-8-9-10-11-12-13-14-15-16-19-25-28(26,27)22-17-18-23(24)21(2)20-22/h17-18,20,25H,3-16,19H2,1-2H3. The van der Waals surface area contributed by atoms with Gasteiger partial charge in [-0.1, -0.05) is 102 Å². The number of nitrogens with one attached hydrogen (secondary N) is 1. The minimum Gasteiger partial charge on any atom is -0.211 e. The van der Waals surface area contributed by atoms with Crippen LogP contribution in [0.25, 0.3) is 0 Å². The predicted octanol–water partition coefficient (Wildman–Crippen LogP) is 7.41. The van der Waals surface area contributed by atoms with Gasteiger partial charge in [-0.2, -0.15) is 0 Å². The average molecular weight is 430 g/mol. The zero-order chi connectivity index (χ0) is 20.7. The summed E-state index contributed by atoms with van der Waals surface area (Å²) in [5.74, 6) is 0. The fourth-order valence-electron chi connectivity index (χ4n) is 3.39. The van der Waals surface area contributed by atoms with E-state index in [1.807, 2.05) is 6.92 Å². The van der Waals surface area contributed by atoms with Crippen molar-refractivity contribution in [3.63, 3.8) is 0 Å². The van der Waals surface area contributed by atoms with Gasteiger partial charge in [0.15, 0.2) is 0 Å². The molecule has 1 N–H and O–H groups in total. The zero-order valence-electron chi connectivity index (χ0n) is 17.9. The van der Waals surface area contributed by atoms with Crippen molar-refractivity contribution in [2.24, 2.45) is 0 Å². The molecule has 28 heavy (non-hydrogen) atoms. The van der Waals surface area contributed by atoms with E-state index in [0.29, 0.717) is 16.5 Å². The first kappa shape index (κ1) is 25.5. The molecule has 0 unspecified atom stereocenters. The van der Waals surface area contributed by atoms with Crippen LogP contribution in [-0.2, 0) is 10.0 Å². The van der Waals surface area contributed by atoms with Gasteiger partial charge < -0.3 is 0 Å². The molecule has 0 bridgehead atoms. The van der Waals surface area contributed by atoms with E-state index in [1.165, 1.54) is 77.0 Å². The van der Waals surface area contributed by atoms with Crippen molar-refractivity contribution in [1.82, 2.24) is 4.72 Å². The number of rotatable bonds is 17. The summed E-state index contributed by atoms with van der Waals surface area (Å²) < 4.78 is 27.2. The van der Waals surface area contributed by atoms with Crippen LogP contribution < -0.4 is 4.72 Å². The minimum atomic E-state index is -3.43. The van der Waals surface area contributed by atoms with Gasteiger partial charge in [-0.05, 0) is 37.1 Å². The Morgan fingerprint density at radius 2 is 1.25 bits per heavy atom. The van der Waals surface area contributed by atoms with Gasteiger partial charge in [0, 0.05) is 11.6 Å². The van der Waals surface area contributed by atoms with Gasteiger partial charge in [0.2, 0.25) is 10.0 Å². The Hall–Kier alpha value is -0.580. The van der Waals surface area contributed by atoms with Crippen molar-refractivity contribution in [1.29, 1.82) is 0 Å². The van der Waals surface area contributed by atoms with Crippen LogP contribution in [0.5, 0.6) is 0 Å². The molecule has 3 nitrogen and oxygen atoms in total. The first-order chi connectivity index (χ1) is 13.5. The maximum absolute atomic E-state index is 12.3. The number of hydrogen-bond donors (Lipinski definition) is 1. The Balaban J connectivity index is 1.97. The number of aryl methyl sites for hydroxylation is 1. The van der Waals surface area contributed by atoms with Gasteiger partial charge >= 0.3 is 0 Å². The molecule has 1 aromatic rings. The lowest BCUT2D eigenvalue weighted by Crippen LogP contribution is -2.24. The minimum absolute atomic E-state index is 0.291. The van der Waals surface area contributed by atoms with Crippen molar-refractivity contribution >= 4 is 21.6 Å². The molecular weight excluding hydrogens is 390 g/mol. The summed E-state index contributed by atoms with van der Waals surface area (Å²) in [6, 6.07) is 4.82. The van der Waals surface area contributed by atoms with Gasteiger partial charge in [0.25, 0.3) is 0 Å². The monoisotopic (exact) mass is 429 g/mol. The summed E-state index contributed by atoms with van der Waals surface area (Å²) in [5.41, 5.74) is 0.779. The fourth-order valence-corrected chi connectivity index (χ4v) is 4.67. The van der Waals surface area contributed by atoms with E-state index in [9.17, 15) is 8.42 Å². The second-order valence-corrected chi connectivity index (χ2v) is 10.1. The van der Waals surface area contributed by atoms with Crippen LogP contribution in [0.3, 0.4) is 0 Å². The number of unbranched alkanes of at least 4 members (excludes halogenated alkanes) is 13. The van der Waals surface area contributed by atoms with Gasteiger partial charge in [0.1, 0.15) is 0 Å². The first-order valence-electron chi connectivity index (χ1n) is 11.2. The Labute approximate surface area is 178 Å². The third-order valence-electron chi connectivity index (χ3n) is 5.26. The van der Waals surface area contributed by atoms with Crippen LogP contribution in [0.4, 0.5) is 0 Å². The molecule has 0 fully saturated rings. The van der Waals surface area contributed by atoms with E-state index in [1.54, 1.807) is 18.2 Å². The number of benzene rings is 1. The molecule has 0 saturated carbocycles. The van der Waals surface area contributed by atoms with Gasteiger partial charge in [-0.25, -0.2) is 13.1 Å². The van der Waals surface area contributed by atoms with Crippen molar-refractivity contribution in [3.8, 4) is 0 Å². The van der Waals surface area contributed by atoms with Crippen LogP contribution in [-0.4, -0.2) is 15.0 Å². The quantitative estimate of drug-likeness (QED) is 0.262. The fraction of sp³-hybridized carbons (Fsp3) is 0.739. The second kappa shape index (κ2) is 15.3. The van der Waals surface area contributed by atoms with Crippen LogP contribution >= 0.6 is 11.6 Å². The molecule has 0 aromatic heterocycles. The summed E-state index contributed by atoms with van der Waals surface area (Å²) in [7, 11) is -3.43. The lowest BCUT2D eigenvalue weighted by Gasteiger charge is -2.08. The van der Waals surface area contributed by atoms with Crippen LogP contribution in [0.2, 0.25) is 5.02 Å². The van der Waals surface area contributed by atoms with Crippen LogP contribution in [0.1, 0.15) is 102 Å². The lowest BCUT2D eigenvalue weighted by atomic mass is 10.0. The molecular formula is C23H40ClNO2S. The Morgan fingerprint density at radius 1 is 0.786 bits per heavy atom. The Kier molecular flexibility index (Phi) is 13.9. The largest absolute Gasteiger partial charge is 0.240 e. The highest BCUT2D eigenvalue weighted by Gasteiger charge is 2.13. The molecule has 1 rings (SSSR count). The Morgan fingerprint density at radius 3 is 1.71 bits per heavy atom. The SMILES string of the molecule is CCCCCCCCCCCCCCCCNS(=O)(=O)c1ccc(Cl)c(C)c1. The van der Waals surface area contributed by atoms with E-state index < -0.39 is 10.0 Å². The summed E-state index contributed by atoms with van der Waals surface area (Å²) >= 11 is 5.96. The molecule has 0 amide bonds. The van der Waals surface area contributed by atoms with Crippen molar-refractivity contribution in [2.75, 3.05) is 6.54 Å². The van der Waals surface area contributed by atoms with Crippen LogP contribution in [0, 0.1) is 6.92 Å². The molecule has 0 aliphatic heterocycles. The van der Waals surface area contributed by atoms with Gasteiger partial charge in [-0.3, -0.25) is 0 Å². The molecule has 0 heterocycles. The lowest BCUT2D eigenvalue weighted by molar-refractivity contribution is 0.533. The highest BCUT2D eigenvalue weighted by atomic mass is 35.5. The first-order valence-corrected chi connectivity index (χ1v) is 13.1. The molecule has 0 atom stereocenters. The van der Waals surface area contributed by atoms with E-state index in [0.717, 1.165) is 18.4 Å². The van der Waals surface area contributed by atoms with Crippen molar-refractivity contribution in [3.05, 3.63) is 28.8 Å².